The summed E-state index contributed by atoms with van der Waals surface area (Å²) in [5.74, 6) is 0.0596. The lowest BCUT2D eigenvalue weighted by atomic mass is 9.96. The molecule has 2 N–H and O–H groups in total. The molecule has 1 aliphatic carbocycles. The minimum absolute atomic E-state index is 0.120. The molecule has 1 aromatic heterocycles. The van der Waals surface area contributed by atoms with Gasteiger partial charge in [0.15, 0.2) is 0 Å². The van der Waals surface area contributed by atoms with Crippen LogP contribution in [0.1, 0.15) is 36.8 Å². The fourth-order valence-electron chi connectivity index (χ4n) is 4.44. The van der Waals surface area contributed by atoms with Gasteiger partial charge in [-0.2, -0.15) is 5.10 Å². The molecule has 0 radical (unpaired) electrons. The van der Waals surface area contributed by atoms with Crippen LogP contribution in [0.15, 0.2) is 36.9 Å². The quantitative estimate of drug-likeness (QED) is 0.925. The number of aromatic nitrogens is 3. The Labute approximate surface area is 145 Å². The zero-order valence-corrected chi connectivity index (χ0v) is 14.0. The summed E-state index contributed by atoms with van der Waals surface area (Å²) >= 11 is 0. The van der Waals surface area contributed by atoms with Crippen molar-refractivity contribution in [2.24, 2.45) is 5.73 Å². The molecular formula is C18H23F2N5. The first-order valence-corrected chi connectivity index (χ1v) is 8.83. The van der Waals surface area contributed by atoms with Crippen molar-refractivity contribution >= 4 is 0 Å². The Balaban J connectivity index is 1.59. The topological polar surface area (TPSA) is 60.0 Å². The second-order valence-electron chi connectivity index (χ2n) is 7.28. The summed E-state index contributed by atoms with van der Waals surface area (Å²) < 4.78 is 29.2. The van der Waals surface area contributed by atoms with Crippen LogP contribution in [0.25, 0.3) is 0 Å². The van der Waals surface area contributed by atoms with Crippen LogP contribution in [0.5, 0.6) is 0 Å². The molecule has 7 heteroatoms. The summed E-state index contributed by atoms with van der Waals surface area (Å²) in [6.07, 6.45) is 4.56. The monoisotopic (exact) mass is 347 g/mol. The number of benzene rings is 1. The van der Waals surface area contributed by atoms with E-state index in [1.165, 1.54) is 18.5 Å². The van der Waals surface area contributed by atoms with Crippen LogP contribution in [0, 0.1) is 5.82 Å². The maximum atomic E-state index is 14.1. The van der Waals surface area contributed by atoms with Crippen molar-refractivity contribution in [2.45, 2.75) is 49.5 Å². The number of nitrogens with two attached hydrogens (primary N) is 1. The first-order chi connectivity index (χ1) is 12.1. The summed E-state index contributed by atoms with van der Waals surface area (Å²) in [6.45, 7) is 1.12. The third-order valence-electron chi connectivity index (χ3n) is 5.54. The number of hydrogen-bond donors (Lipinski definition) is 1. The molecule has 2 aromatic rings. The van der Waals surface area contributed by atoms with Crippen molar-refractivity contribution in [2.75, 3.05) is 13.1 Å². The van der Waals surface area contributed by atoms with Gasteiger partial charge in [0.25, 0.3) is 0 Å². The molecule has 2 fully saturated rings. The predicted octanol–water partition coefficient (Wildman–Crippen LogP) is 2.28. The summed E-state index contributed by atoms with van der Waals surface area (Å²) in [4.78, 5) is 6.25. The maximum absolute atomic E-state index is 14.1. The van der Waals surface area contributed by atoms with Crippen molar-refractivity contribution in [3.8, 4) is 0 Å². The molecule has 0 amide bonds. The average Bonchev–Trinajstić information content (AvgIpc) is 3.24. The fraction of sp³-hybridized carbons (Fsp3) is 0.556. The minimum atomic E-state index is -0.884. The van der Waals surface area contributed by atoms with Crippen molar-refractivity contribution in [1.29, 1.82) is 0 Å². The molecule has 2 aliphatic rings. The van der Waals surface area contributed by atoms with Gasteiger partial charge in [0.2, 0.25) is 0 Å². The summed E-state index contributed by atoms with van der Waals surface area (Å²) in [5.41, 5.74) is 7.17. The molecule has 1 saturated carbocycles. The zero-order valence-electron chi connectivity index (χ0n) is 14.0. The molecule has 0 unspecified atom stereocenters. The lowest BCUT2D eigenvalue weighted by molar-refractivity contribution is 0.0690. The summed E-state index contributed by atoms with van der Waals surface area (Å²) in [6, 6.07) is 6.84. The van der Waals surface area contributed by atoms with Gasteiger partial charge in [0.05, 0.1) is 6.04 Å². The van der Waals surface area contributed by atoms with Gasteiger partial charge in [-0.1, -0.05) is 12.1 Å². The second kappa shape index (κ2) is 6.80. The first kappa shape index (κ1) is 16.6. The lowest BCUT2D eigenvalue weighted by Crippen LogP contribution is -2.53. The highest BCUT2D eigenvalue weighted by Gasteiger charge is 2.42. The minimum Gasteiger partial charge on any atom is -0.326 e. The Kier molecular flexibility index (Phi) is 4.52. The van der Waals surface area contributed by atoms with E-state index in [0.29, 0.717) is 19.5 Å². The number of nitrogens with zero attached hydrogens (tertiary/aromatic N) is 4. The van der Waals surface area contributed by atoms with Crippen molar-refractivity contribution in [3.05, 3.63) is 48.3 Å². The highest BCUT2D eigenvalue weighted by Crippen LogP contribution is 2.43. The number of piperidine rings is 1. The second-order valence-corrected chi connectivity index (χ2v) is 7.28. The van der Waals surface area contributed by atoms with Crippen molar-refractivity contribution < 1.29 is 8.78 Å². The van der Waals surface area contributed by atoms with Gasteiger partial charge in [-0.25, -0.2) is 18.4 Å². The molecular weight excluding hydrogens is 324 g/mol. The largest absolute Gasteiger partial charge is 0.326 e. The number of hydrogen-bond acceptors (Lipinski definition) is 4. The molecule has 1 aliphatic heterocycles. The van der Waals surface area contributed by atoms with E-state index in [9.17, 15) is 8.78 Å². The number of halogens is 2. The molecule has 25 heavy (non-hydrogen) atoms. The molecule has 1 aromatic carbocycles. The van der Waals surface area contributed by atoms with E-state index in [4.69, 9.17) is 5.73 Å². The molecule has 134 valence electrons. The Hall–Kier alpha value is -1.86. The van der Waals surface area contributed by atoms with E-state index in [0.717, 1.165) is 18.4 Å². The van der Waals surface area contributed by atoms with Crippen LogP contribution in [0.2, 0.25) is 0 Å². The molecule has 5 nitrogen and oxygen atoms in total. The van der Waals surface area contributed by atoms with Crippen LogP contribution in [0.4, 0.5) is 8.78 Å². The van der Waals surface area contributed by atoms with Crippen LogP contribution in [-0.4, -0.2) is 51.0 Å². The standard InChI is InChI=1S/C18H23F2N5/c19-14-3-1-12(2-4-14)13-5-17(18(6-13)25-11-22-10-23-25)24-8-15(20)7-16(21)9-24/h1-4,10-11,13,15-18H,5-9,21H2/t13-,15+,16+,17+,18+/m0/s1. The lowest BCUT2D eigenvalue weighted by Gasteiger charge is -2.39. The number of alkyl halides is 1. The molecule has 5 atom stereocenters. The van der Waals surface area contributed by atoms with Gasteiger partial charge in [0.1, 0.15) is 24.6 Å². The normalized spacial score (nSPS) is 33.6. The molecule has 2 heterocycles. The number of likely N-dealkylation sites (tertiary alicyclic amines) is 1. The summed E-state index contributed by atoms with van der Waals surface area (Å²) in [7, 11) is 0. The van der Waals surface area contributed by atoms with Gasteiger partial charge >= 0.3 is 0 Å². The Morgan fingerprint density at radius 1 is 1.04 bits per heavy atom. The Morgan fingerprint density at radius 2 is 1.80 bits per heavy atom. The van der Waals surface area contributed by atoms with Crippen LogP contribution >= 0.6 is 0 Å². The van der Waals surface area contributed by atoms with E-state index >= 15 is 0 Å². The van der Waals surface area contributed by atoms with E-state index in [1.54, 1.807) is 6.33 Å². The molecule has 0 bridgehead atoms. The van der Waals surface area contributed by atoms with Gasteiger partial charge in [-0.05, 0) is 42.9 Å². The van der Waals surface area contributed by atoms with Crippen LogP contribution < -0.4 is 5.73 Å². The average molecular weight is 347 g/mol. The smallest absolute Gasteiger partial charge is 0.137 e. The van der Waals surface area contributed by atoms with Crippen molar-refractivity contribution in [3.63, 3.8) is 0 Å². The van der Waals surface area contributed by atoms with Crippen LogP contribution in [-0.2, 0) is 0 Å². The van der Waals surface area contributed by atoms with Gasteiger partial charge in [-0.3, -0.25) is 4.90 Å². The van der Waals surface area contributed by atoms with Gasteiger partial charge < -0.3 is 5.73 Å². The van der Waals surface area contributed by atoms with E-state index < -0.39 is 6.17 Å². The zero-order chi connectivity index (χ0) is 17.4. The van der Waals surface area contributed by atoms with Crippen molar-refractivity contribution in [1.82, 2.24) is 19.7 Å². The molecule has 4 rings (SSSR count). The SMILES string of the molecule is N[C@@H]1C[C@@H](F)CN([C@@H]2C[C@H](c3ccc(F)cc3)C[C@H]2n2cncn2)C1. The fourth-order valence-corrected chi connectivity index (χ4v) is 4.44. The highest BCUT2D eigenvalue weighted by atomic mass is 19.1. The van der Waals surface area contributed by atoms with Gasteiger partial charge in [0, 0.05) is 25.2 Å². The first-order valence-electron chi connectivity index (χ1n) is 8.83. The number of rotatable bonds is 3. The summed E-state index contributed by atoms with van der Waals surface area (Å²) in [5, 5.41) is 4.32. The highest BCUT2D eigenvalue weighted by molar-refractivity contribution is 5.23. The Morgan fingerprint density at radius 3 is 2.48 bits per heavy atom. The molecule has 1 saturated heterocycles. The van der Waals surface area contributed by atoms with Crippen LogP contribution in [0.3, 0.4) is 0 Å². The predicted molar refractivity (Wildman–Crippen MR) is 90.3 cm³/mol. The third kappa shape index (κ3) is 3.43. The van der Waals surface area contributed by atoms with Gasteiger partial charge in [-0.15, -0.1) is 0 Å². The van der Waals surface area contributed by atoms with E-state index in [2.05, 4.69) is 15.0 Å². The molecule has 0 spiro atoms. The maximum Gasteiger partial charge on any atom is 0.137 e. The van der Waals surface area contributed by atoms with E-state index in [1.807, 2.05) is 16.8 Å². The third-order valence-corrected chi connectivity index (χ3v) is 5.54. The Bertz CT molecular complexity index is 680. The van der Waals surface area contributed by atoms with E-state index in [-0.39, 0.29) is 29.9 Å².